The van der Waals surface area contributed by atoms with Crippen molar-refractivity contribution in [1.82, 2.24) is 5.32 Å². The van der Waals surface area contributed by atoms with Crippen molar-refractivity contribution in [2.75, 3.05) is 6.54 Å². The van der Waals surface area contributed by atoms with Crippen LogP contribution in [0.3, 0.4) is 0 Å². The summed E-state index contributed by atoms with van der Waals surface area (Å²) in [4.78, 5) is 12.4. The van der Waals surface area contributed by atoms with Crippen molar-refractivity contribution in [3.8, 4) is 0 Å². The fourth-order valence-corrected chi connectivity index (χ4v) is 2.33. The SMILES string of the molecule is C=C(C)NCCC(=O)c1ccc(Br)s1. The van der Waals surface area contributed by atoms with Crippen LogP contribution in [0.25, 0.3) is 0 Å². The highest BCUT2D eigenvalue weighted by Gasteiger charge is 2.07. The number of hydrogen-bond acceptors (Lipinski definition) is 3. The van der Waals surface area contributed by atoms with Crippen LogP contribution in [-0.2, 0) is 0 Å². The van der Waals surface area contributed by atoms with E-state index in [1.807, 2.05) is 19.1 Å². The van der Waals surface area contributed by atoms with E-state index in [0.717, 1.165) is 14.4 Å². The van der Waals surface area contributed by atoms with E-state index in [2.05, 4.69) is 27.8 Å². The van der Waals surface area contributed by atoms with Crippen LogP contribution in [0, 0.1) is 0 Å². The Bertz CT molecular complexity index is 346. The molecule has 0 spiro atoms. The van der Waals surface area contributed by atoms with Crippen LogP contribution in [0.1, 0.15) is 23.0 Å². The lowest BCUT2D eigenvalue weighted by molar-refractivity contribution is 0.0987. The van der Waals surface area contributed by atoms with E-state index in [0.29, 0.717) is 13.0 Å². The second-order valence-electron chi connectivity index (χ2n) is 2.98. The third-order valence-electron chi connectivity index (χ3n) is 1.63. The molecule has 1 aromatic heterocycles. The molecule has 0 aliphatic heterocycles. The molecule has 2 nitrogen and oxygen atoms in total. The minimum Gasteiger partial charge on any atom is -0.389 e. The van der Waals surface area contributed by atoms with Crippen LogP contribution in [0.15, 0.2) is 28.2 Å². The lowest BCUT2D eigenvalue weighted by Gasteiger charge is -2.02. The first-order valence-corrected chi connectivity index (χ1v) is 5.88. The van der Waals surface area contributed by atoms with Gasteiger partial charge in [0.05, 0.1) is 8.66 Å². The van der Waals surface area contributed by atoms with Crippen molar-refractivity contribution >= 4 is 33.0 Å². The molecule has 0 bridgehead atoms. The lowest BCUT2D eigenvalue weighted by atomic mass is 10.2. The van der Waals surface area contributed by atoms with Gasteiger partial charge < -0.3 is 5.32 Å². The largest absolute Gasteiger partial charge is 0.389 e. The third kappa shape index (κ3) is 3.64. The Morgan fingerprint density at radius 1 is 1.64 bits per heavy atom. The number of carbonyl (C=O) groups is 1. The molecule has 14 heavy (non-hydrogen) atoms. The standard InChI is InChI=1S/C10H12BrNOS/c1-7(2)12-6-5-8(13)9-3-4-10(11)14-9/h3-4,12H,1,5-6H2,2H3. The average Bonchev–Trinajstić information content (AvgIpc) is 2.51. The summed E-state index contributed by atoms with van der Waals surface area (Å²) in [5.41, 5.74) is 0.894. The van der Waals surface area contributed by atoms with Gasteiger partial charge in [-0.3, -0.25) is 4.79 Å². The predicted molar refractivity (Wildman–Crippen MR) is 63.8 cm³/mol. The molecule has 0 fully saturated rings. The third-order valence-corrected chi connectivity index (χ3v) is 3.29. The Morgan fingerprint density at radius 2 is 2.36 bits per heavy atom. The number of nitrogens with one attached hydrogen (secondary N) is 1. The Kier molecular flexibility index (Phi) is 4.35. The monoisotopic (exact) mass is 273 g/mol. The number of allylic oxidation sites excluding steroid dienone is 1. The molecule has 0 aromatic carbocycles. The van der Waals surface area contributed by atoms with Crippen molar-refractivity contribution < 1.29 is 4.79 Å². The van der Waals surface area contributed by atoms with E-state index in [-0.39, 0.29) is 5.78 Å². The molecule has 0 aliphatic rings. The molecule has 1 rings (SSSR count). The van der Waals surface area contributed by atoms with Crippen LogP contribution in [0.2, 0.25) is 0 Å². The van der Waals surface area contributed by atoms with Crippen molar-refractivity contribution in [2.24, 2.45) is 0 Å². The minimum atomic E-state index is 0.175. The molecule has 1 heterocycles. The zero-order valence-corrected chi connectivity index (χ0v) is 10.4. The Hall–Kier alpha value is -0.610. The Balaban J connectivity index is 2.39. The topological polar surface area (TPSA) is 29.1 Å². The zero-order chi connectivity index (χ0) is 10.6. The van der Waals surface area contributed by atoms with Crippen molar-refractivity contribution in [3.63, 3.8) is 0 Å². The van der Waals surface area contributed by atoms with Crippen molar-refractivity contribution in [1.29, 1.82) is 0 Å². The van der Waals surface area contributed by atoms with Gasteiger partial charge in [0.15, 0.2) is 5.78 Å². The van der Waals surface area contributed by atoms with E-state index >= 15 is 0 Å². The van der Waals surface area contributed by atoms with Gasteiger partial charge in [0.1, 0.15) is 0 Å². The average molecular weight is 274 g/mol. The number of ketones is 1. The van der Waals surface area contributed by atoms with Gasteiger partial charge in [-0.25, -0.2) is 0 Å². The van der Waals surface area contributed by atoms with Crippen molar-refractivity contribution in [2.45, 2.75) is 13.3 Å². The number of rotatable bonds is 5. The second kappa shape index (κ2) is 5.32. The number of carbonyl (C=O) groups excluding carboxylic acids is 1. The molecule has 1 N–H and O–H groups in total. The fourth-order valence-electron chi connectivity index (χ4n) is 0.977. The van der Waals surface area contributed by atoms with Gasteiger partial charge in [-0.2, -0.15) is 0 Å². The highest BCUT2D eigenvalue weighted by atomic mass is 79.9. The molecule has 4 heteroatoms. The number of halogens is 1. The quantitative estimate of drug-likeness (QED) is 0.835. The normalized spacial score (nSPS) is 9.86. The maximum absolute atomic E-state index is 11.6. The summed E-state index contributed by atoms with van der Waals surface area (Å²) >= 11 is 4.80. The Morgan fingerprint density at radius 3 is 2.86 bits per heavy atom. The molecule has 0 saturated heterocycles. The summed E-state index contributed by atoms with van der Waals surface area (Å²) in [6, 6.07) is 3.74. The van der Waals surface area contributed by atoms with Crippen LogP contribution >= 0.6 is 27.3 Å². The molecular weight excluding hydrogens is 262 g/mol. The first kappa shape index (κ1) is 11.5. The smallest absolute Gasteiger partial charge is 0.174 e. The van der Waals surface area contributed by atoms with Crippen molar-refractivity contribution in [3.05, 3.63) is 33.1 Å². The molecule has 0 amide bonds. The minimum absolute atomic E-state index is 0.175. The maximum atomic E-state index is 11.6. The van der Waals surface area contributed by atoms with Crippen LogP contribution in [0.5, 0.6) is 0 Å². The summed E-state index contributed by atoms with van der Waals surface area (Å²) in [6.07, 6.45) is 0.514. The van der Waals surface area contributed by atoms with E-state index in [1.54, 1.807) is 0 Å². The van der Waals surface area contributed by atoms with Gasteiger partial charge >= 0.3 is 0 Å². The predicted octanol–water partition coefficient (Wildman–Crippen LogP) is 3.21. The number of hydrogen-bond donors (Lipinski definition) is 1. The summed E-state index contributed by atoms with van der Waals surface area (Å²) in [5.74, 6) is 0.175. The van der Waals surface area contributed by atoms with E-state index in [9.17, 15) is 4.79 Å². The number of Topliss-reactive ketones (excluding diaryl/α,β-unsaturated/α-hetero) is 1. The van der Waals surface area contributed by atoms with E-state index in [1.165, 1.54) is 11.3 Å². The highest BCUT2D eigenvalue weighted by molar-refractivity contribution is 9.11. The summed E-state index contributed by atoms with van der Waals surface area (Å²) < 4.78 is 0.994. The number of thiophene rings is 1. The molecule has 0 atom stereocenters. The van der Waals surface area contributed by atoms with Gasteiger partial charge in [-0.1, -0.05) is 6.58 Å². The van der Waals surface area contributed by atoms with Crippen LogP contribution in [0.4, 0.5) is 0 Å². The van der Waals surface area contributed by atoms with Gasteiger partial charge in [0.25, 0.3) is 0 Å². The van der Waals surface area contributed by atoms with Crippen LogP contribution < -0.4 is 5.32 Å². The van der Waals surface area contributed by atoms with Gasteiger partial charge in [-0.15, -0.1) is 11.3 Å². The van der Waals surface area contributed by atoms with E-state index < -0.39 is 0 Å². The fraction of sp³-hybridized carbons (Fsp3) is 0.300. The van der Waals surface area contributed by atoms with Crippen LogP contribution in [-0.4, -0.2) is 12.3 Å². The Labute approximate surface area is 96.2 Å². The highest BCUT2D eigenvalue weighted by Crippen LogP contribution is 2.22. The molecule has 0 aliphatic carbocycles. The summed E-state index contributed by atoms with van der Waals surface area (Å²) in [7, 11) is 0. The van der Waals surface area contributed by atoms with Gasteiger partial charge in [0.2, 0.25) is 0 Å². The molecule has 0 saturated carbocycles. The molecule has 76 valence electrons. The van der Waals surface area contributed by atoms with Gasteiger partial charge in [0, 0.05) is 18.7 Å². The summed E-state index contributed by atoms with van der Waals surface area (Å²) in [6.45, 7) is 6.24. The molecular formula is C10H12BrNOS. The molecule has 0 radical (unpaired) electrons. The van der Waals surface area contributed by atoms with Gasteiger partial charge in [-0.05, 0) is 35.0 Å². The maximum Gasteiger partial charge on any atom is 0.174 e. The summed E-state index contributed by atoms with van der Waals surface area (Å²) in [5, 5.41) is 3.03. The first-order chi connectivity index (χ1) is 6.59. The zero-order valence-electron chi connectivity index (χ0n) is 7.97. The second-order valence-corrected chi connectivity index (χ2v) is 5.45. The first-order valence-electron chi connectivity index (χ1n) is 4.27. The van der Waals surface area contributed by atoms with E-state index in [4.69, 9.17) is 0 Å². The molecule has 1 aromatic rings. The molecule has 0 unspecified atom stereocenters. The lowest BCUT2D eigenvalue weighted by Crippen LogP contribution is -2.15.